The van der Waals surface area contributed by atoms with E-state index in [0.717, 1.165) is 0 Å². The number of piperazine rings is 1. The van der Waals surface area contributed by atoms with Crippen LogP contribution in [0.1, 0.15) is 13.8 Å². The molecule has 0 aromatic heterocycles. The minimum absolute atomic E-state index is 0.104. The summed E-state index contributed by atoms with van der Waals surface area (Å²) in [7, 11) is 0. The van der Waals surface area contributed by atoms with Crippen LogP contribution >= 0.6 is 0 Å². The smallest absolute Gasteiger partial charge is 0.321 e. The zero-order valence-corrected chi connectivity index (χ0v) is 19.1. The van der Waals surface area contributed by atoms with E-state index in [4.69, 9.17) is 9.47 Å². The molecule has 34 heavy (non-hydrogen) atoms. The number of anilines is 2. The third kappa shape index (κ3) is 5.31. The van der Waals surface area contributed by atoms with E-state index in [1.54, 1.807) is 35.2 Å². The number of benzene rings is 2. The largest absolute Gasteiger partial charge is 0.486 e. The van der Waals surface area contributed by atoms with Gasteiger partial charge < -0.3 is 29.9 Å². The van der Waals surface area contributed by atoms with Crippen LogP contribution in [0.2, 0.25) is 0 Å². The van der Waals surface area contributed by atoms with Crippen molar-refractivity contribution in [3.8, 4) is 17.7 Å². The van der Waals surface area contributed by atoms with Gasteiger partial charge in [-0.15, -0.1) is 4.99 Å². The third-order valence-electron chi connectivity index (χ3n) is 5.78. The molecule has 2 aliphatic rings. The van der Waals surface area contributed by atoms with Gasteiger partial charge in [0, 0.05) is 37.1 Å². The molecule has 0 aliphatic carbocycles. The highest BCUT2D eigenvalue weighted by Crippen LogP contribution is 2.32. The molecule has 4 rings (SSSR count). The van der Waals surface area contributed by atoms with Gasteiger partial charge in [-0.3, -0.25) is 0 Å². The van der Waals surface area contributed by atoms with Gasteiger partial charge in [-0.05, 0) is 36.2 Å². The first-order valence-electron chi connectivity index (χ1n) is 11.2. The summed E-state index contributed by atoms with van der Waals surface area (Å²) in [6.45, 7) is 6.39. The Labute approximate surface area is 197 Å². The van der Waals surface area contributed by atoms with Gasteiger partial charge >= 0.3 is 6.03 Å². The fourth-order valence-electron chi connectivity index (χ4n) is 4.06. The van der Waals surface area contributed by atoms with E-state index in [0.29, 0.717) is 61.7 Å². The molecule has 1 unspecified atom stereocenters. The molecule has 0 saturated carbocycles. The number of hydrogen-bond donors (Lipinski definition) is 2. The van der Waals surface area contributed by atoms with Crippen molar-refractivity contribution in [2.75, 3.05) is 43.5 Å². The van der Waals surface area contributed by atoms with Gasteiger partial charge in [-0.2, -0.15) is 5.26 Å². The van der Waals surface area contributed by atoms with Gasteiger partial charge in [-0.25, -0.2) is 9.18 Å². The van der Waals surface area contributed by atoms with Gasteiger partial charge in [0.1, 0.15) is 19.0 Å². The molecule has 0 radical (unpaired) electrons. The molecule has 178 valence electrons. The van der Waals surface area contributed by atoms with Crippen LogP contribution in [0.25, 0.3) is 0 Å². The molecule has 2 N–H and O–H groups in total. The normalized spacial score (nSPS) is 17.9. The third-order valence-corrected chi connectivity index (χ3v) is 5.78. The number of carbonyl (C=O) groups excluding carboxylic acids is 1. The fourth-order valence-corrected chi connectivity index (χ4v) is 4.06. The van der Waals surface area contributed by atoms with Crippen molar-refractivity contribution in [2.45, 2.75) is 19.9 Å². The number of amides is 2. The molecule has 9 nitrogen and oxygen atoms in total. The van der Waals surface area contributed by atoms with Crippen LogP contribution in [-0.2, 0) is 0 Å². The maximum atomic E-state index is 13.6. The Morgan fingerprint density at radius 3 is 2.62 bits per heavy atom. The highest BCUT2D eigenvalue weighted by molar-refractivity contribution is 5.95. The predicted molar refractivity (Wildman–Crippen MR) is 126 cm³/mol. The highest BCUT2D eigenvalue weighted by atomic mass is 19.1. The molecule has 1 atom stereocenters. The van der Waals surface area contributed by atoms with Crippen molar-refractivity contribution in [3.05, 3.63) is 48.3 Å². The summed E-state index contributed by atoms with van der Waals surface area (Å²) in [5.74, 6) is 1.37. The topological polar surface area (TPSA) is 102 Å². The van der Waals surface area contributed by atoms with Crippen LogP contribution in [0, 0.1) is 23.2 Å². The van der Waals surface area contributed by atoms with Gasteiger partial charge in [0.25, 0.3) is 0 Å². The second-order valence-corrected chi connectivity index (χ2v) is 8.41. The molecule has 0 bridgehead atoms. The molecule has 2 heterocycles. The van der Waals surface area contributed by atoms with Crippen LogP contribution in [-0.4, -0.2) is 60.7 Å². The summed E-state index contributed by atoms with van der Waals surface area (Å²) in [4.78, 5) is 20.7. The Morgan fingerprint density at radius 2 is 1.88 bits per heavy atom. The maximum absolute atomic E-state index is 13.6. The number of urea groups is 1. The quantitative estimate of drug-likeness (QED) is 0.406. The van der Waals surface area contributed by atoms with E-state index in [-0.39, 0.29) is 23.8 Å². The minimum Gasteiger partial charge on any atom is -0.486 e. The summed E-state index contributed by atoms with van der Waals surface area (Å²) in [6, 6.07) is 11.0. The lowest BCUT2D eigenvalue weighted by atomic mass is 10.00. The molecule has 1 saturated heterocycles. The number of nitrogens with one attached hydrogen (secondary N) is 2. The number of guanidine groups is 1. The molecular weight excluding hydrogens is 439 g/mol. The monoisotopic (exact) mass is 466 g/mol. The fraction of sp³-hybridized carbons (Fsp3) is 0.375. The predicted octanol–water partition coefficient (Wildman–Crippen LogP) is 3.72. The molecule has 2 aromatic rings. The molecule has 2 aromatic carbocycles. The first-order valence-corrected chi connectivity index (χ1v) is 11.2. The number of carbonyl (C=O) groups is 1. The van der Waals surface area contributed by atoms with Crippen molar-refractivity contribution >= 4 is 23.4 Å². The minimum atomic E-state index is -0.387. The van der Waals surface area contributed by atoms with E-state index < -0.39 is 0 Å². The van der Waals surface area contributed by atoms with Crippen LogP contribution in [0.5, 0.6) is 11.5 Å². The lowest BCUT2D eigenvalue weighted by molar-refractivity contribution is 0.120. The lowest BCUT2D eigenvalue weighted by Gasteiger charge is -2.44. The van der Waals surface area contributed by atoms with Crippen LogP contribution in [0.15, 0.2) is 47.5 Å². The van der Waals surface area contributed by atoms with Gasteiger partial charge in [0.15, 0.2) is 11.5 Å². The van der Waals surface area contributed by atoms with Crippen LogP contribution in [0.4, 0.5) is 20.6 Å². The number of fused-ring (bicyclic) bond motifs is 1. The van der Waals surface area contributed by atoms with E-state index >= 15 is 0 Å². The van der Waals surface area contributed by atoms with Crippen LogP contribution in [0.3, 0.4) is 0 Å². The van der Waals surface area contributed by atoms with Crippen molar-refractivity contribution in [3.63, 3.8) is 0 Å². The average Bonchev–Trinajstić information content (AvgIpc) is 2.83. The summed E-state index contributed by atoms with van der Waals surface area (Å²) < 4.78 is 24.8. The number of hydrogen-bond acceptors (Lipinski definition) is 5. The van der Waals surface area contributed by atoms with Crippen molar-refractivity contribution in [1.29, 1.82) is 5.26 Å². The lowest BCUT2D eigenvalue weighted by Crippen LogP contribution is -2.60. The molecule has 10 heteroatoms. The van der Waals surface area contributed by atoms with E-state index in [1.165, 1.54) is 12.1 Å². The van der Waals surface area contributed by atoms with Gasteiger partial charge in [0.2, 0.25) is 12.2 Å². The molecular formula is C24H27FN6O3. The van der Waals surface area contributed by atoms with Crippen molar-refractivity contribution in [1.82, 2.24) is 9.80 Å². The molecule has 0 spiro atoms. The standard InChI is InChI=1S/C24H27FN6O3/c1-16(2)20-14-30(24(32)29-19-6-7-21-22(13-19)34-11-10-33-21)8-9-31(20)23(27-15-26)28-18-5-3-4-17(25)12-18/h3-7,12-13,16,20H,8-11,14H2,1-2H3,(H,27,28)(H,29,32). The Hall–Kier alpha value is -4.00. The Bertz CT molecular complexity index is 1120. The first kappa shape index (κ1) is 23.2. The summed E-state index contributed by atoms with van der Waals surface area (Å²) in [5, 5.41) is 15.2. The Morgan fingerprint density at radius 1 is 1.12 bits per heavy atom. The van der Waals surface area contributed by atoms with Crippen molar-refractivity contribution in [2.24, 2.45) is 10.9 Å². The zero-order valence-electron chi connectivity index (χ0n) is 19.1. The maximum Gasteiger partial charge on any atom is 0.321 e. The Kier molecular flexibility index (Phi) is 7.01. The van der Waals surface area contributed by atoms with Gasteiger partial charge in [-0.1, -0.05) is 19.9 Å². The summed E-state index contributed by atoms with van der Waals surface area (Å²) in [5.41, 5.74) is 1.12. The number of halogens is 1. The van der Waals surface area contributed by atoms with Crippen molar-refractivity contribution < 1.29 is 18.7 Å². The second-order valence-electron chi connectivity index (χ2n) is 8.41. The number of ether oxygens (including phenoxy) is 2. The first-order chi connectivity index (χ1) is 16.4. The van der Waals surface area contributed by atoms with E-state index in [1.807, 2.05) is 24.9 Å². The summed E-state index contributed by atoms with van der Waals surface area (Å²) in [6.07, 6.45) is 1.83. The number of nitriles is 1. The van der Waals surface area contributed by atoms with E-state index in [2.05, 4.69) is 15.6 Å². The SMILES string of the molecule is CC(C)C1CN(C(=O)Nc2ccc3c(c2)OCCO3)CCN1/C(=N/C#N)Nc1cccc(F)c1. The highest BCUT2D eigenvalue weighted by Gasteiger charge is 2.34. The van der Waals surface area contributed by atoms with Crippen LogP contribution < -0.4 is 20.1 Å². The Balaban J connectivity index is 1.46. The number of aliphatic imine (C=N–C) groups is 1. The molecule has 1 fully saturated rings. The summed E-state index contributed by atoms with van der Waals surface area (Å²) >= 11 is 0. The zero-order chi connectivity index (χ0) is 24.1. The van der Waals surface area contributed by atoms with E-state index in [9.17, 15) is 14.4 Å². The second kappa shape index (κ2) is 10.3. The molecule has 2 aliphatic heterocycles. The number of rotatable bonds is 3. The van der Waals surface area contributed by atoms with Gasteiger partial charge in [0.05, 0.1) is 6.04 Å². The average molecular weight is 467 g/mol. The molecule has 2 amide bonds. The number of nitrogens with zero attached hydrogens (tertiary/aromatic N) is 4.